The molecule has 0 fully saturated rings. The zero-order valence-corrected chi connectivity index (χ0v) is 27.0. The Kier molecular flexibility index (Phi) is 7.81. The second-order valence-corrected chi connectivity index (χ2v) is 14.0. The first-order valence-corrected chi connectivity index (χ1v) is 17.1. The number of benzene rings is 5. The average molecular weight is 655 g/mol. The molecule has 9 nitrogen and oxygen atoms in total. The molecule has 2 aliphatic rings. The normalized spacial score (nSPS) is 12.6. The van der Waals surface area contributed by atoms with Crippen molar-refractivity contribution in [2.24, 2.45) is 4.99 Å². The summed E-state index contributed by atoms with van der Waals surface area (Å²) in [5.74, 6) is 0.406. The summed E-state index contributed by atoms with van der Waals surface area (Å²) in [6, 6.07) is 25.8. The summed E-state index contributed by atoms with van der Waals surface area (Å²) in [6.07, 6.45) is 0. The van der Waals surface area contributed by atoms with Crippen molar-refractivity contribution in [3.05, 3.63) is 119 Å². The molecule has 0 spiro atoms. The summed E-state index contributed by atoms with van der Waals surface area (Å²) in [5, 5.41) is 4.60. The Morgan fingerprint density at radius 1 is 0.674 bits per heavy atom. The number of rotatable bonds is 6. The van der Waals surface area contributed by atoms with Crippen LogP contribution in [0.2, 0.25) is 0 Å². The second-order valence-electron chi connectivity index (χ2n) is 11.2. The molecule has 0 saturated carbocycles. The highest BCUT2D eigenvalue weighted by Gasteiger charge is 2.24. The highest BCUT2D eigenvalue weighted by atomic mass is 32.2. The third kappa shape index (κ3) is 5.93. The molecular formula is C35H30N2O7S2. The molecule has 3 N–H and O–H groups in total. The van der Waals surface area contributed by atoms with Gasteiger partial charge in [-0.05, 0) is 92.4 Å². The zero-order valence-electron chi connectivity index (χ0n) is 25.4. The first kappa shape index (κ1) is 31.2. The largest absolute Gasteiger partial charge is 0.456 e. The number of fused-ring (bicyclic) bond motifs is 2. The van der Waals surface area contributed by atoms with Gasteiger partial charge in [0, 0.05) is 45.6 Å². The van der Waals surface area contributed by atoms with E-state index in [2.05, 4.69) is 5.32 Å². The molecule has 4 aromatic rings. The van der Waals surface area contributed by atoms with E-state index in [0.29, 0.717) is 55.6 Å². The molecule has 234 valence electrons. The van der Waals surface area contributed by atoms with E-state index >= 15 is 0 Å². The van der Waals surface area contributed by atoms with Gasteiger partial charge in [0.15, 0.2) is 0 Å². The molecule has 6 rings (SSSR count). The van der Waals surface area contributed by atoms with Crippen molar-refractivity contribution >= 4 is 48.3 Å². The number of para-hydroxylation sites is 1. The minimum absolute atomic E-state index is 0.214. The lowest BCUT2D eigenvalue weighted by Gasteiger charge is -2.18. The van der Waals surface area contributed by atoms with Crippen LogP contribution in [0.3, 0.4) is 0 Å². The maximum atomic E-state index is 12.5. The average Bonchev–Trinajstić information content (AvgIpc) is 2.98. The summed E-state index contributed by atoms with van der Waals surface area (Å²) < 4.78 is 74.5. The Morgan fingerprint density at radius 2 is 1.35 bits per heavy atom. The van der Waals surface area contributed by atoms with E-state index in [1.807, 2.05) is 50.2 Å². The molecule has 11 heteroatoms. The lowest BCUT2D eigenvalue weighted by molar-refractivity contribution is 0.481. The van der Waals surface area contributed by atoms with E-state index in [9.17, 15) is 25.9 Å². The first-order valence-electron chi connectivity index (χ1n) is 14.2. The molecule has 0 atom stereocenters. The van der Waals surface area contributed by atoms with Crippen LogP contribution >= 0.6 is 0 Å². The lowest BCUT2D eigenvalue weighted by Crippen LogP contribution is -2.05. The number of nitrogens with zero attached hydrogens (tertiary/aromatic N) is 1. The van der Waals surface area contributed by atoms with Gasteiger partial charge in [0.05, 0.1) is 15.9 Å². The molecule has 1 aliphatic heterocycles. The molecule has 1 heterocycles. The quantitative estimate of drug-likeness (QED) is 0.121. The Balaban J connectivity index is 1.61. The minimum Gasteiger partial charge on any atom is -0.456 e. The summed E-state index contributed by atoms with van der Waals surface area (Å²) >= 11 is 0. The van der Waals surface area contributed by atoms with Crippen LogP contribution in [0.25, 0.3) is 33.4 Å². The van der Waals surface area contributed by atoms with Crippen molar-refractivity contribution in [3.8, 4) is 22.5 Å². The van der Waals surface area contributed by atoms with E-state index < -0.39 is 20.2 Å². The second kappa shape index (κ2) is 11.5. The lowest BCUT2D eigenvalue weighted by atomic mass is 9.93. The zero-order chi connectivity index (χ0) is 33.0. The van der Waals surface area contributed by atoms with Crippen molar-refractivity contribution in [1.29, 1.82) is 0 Å². The maximum absolute atomic E-state index is 12.5. The monoisotopic (exact) mass is 654 g/mol. The molecule has 0 aromatic heterocycles. The molecular weight excluding hydrogens is 625 g/mol. The van der Waals surface area contributed by atoms with Crippen LogP contribution in [-0.2, 0) is 20.2 Å². The van der Waals surface area contributed by atoms with Gasteiger partial charge in [-0.3, -0.25) is 9.11 Å². The van der Waals surface area contributed by atoms with E-state index in [4.69, 9.17) is 9.41 Å². The van der Waals surface area contributed by atoms with Gasteiger partial charge in [0.1, 0.15) is 16.2 Å². The fourth-order valence-electron chi connectivity index (χ4n) is 5.74. The minimum atomic E-state index is -4.57. The van der Waals surface area contributed by atoms with Gasteiger partial charge in [-0.15, -0.1) is 0 Å². The molecule has 0 unspecified atom stereocenters. The van der Waals surface area contributed by atoms with Gasteiger partial charge < -0.3 is 9.73 Å². The van der Waals surface area contributed by atoms with Crippen LogP contribution < -0.4 is 10.7 Å². The summed E-state index contributed by atoms with van der Waals surface area (Å²) in [5.41, 5.74) is 7.41. The first-order chi connectivity index (χ1) is 21.7. The maximum Gasteiger partial charge on any atom is 0.295 e. The third-order valence-corrected chi connectivity index (χ3v) is 9.64. The van der Waals surface area contributed by atoms with Crippen LogP contribution in [-0.4, -0.2) is 25.9 Å². The van der Waals surface area contributed by atoms with Crippen LogP contribution in [0, 0.1) is 27.7 Å². The predicted molar refractivity (Wildman–Crippen MR) is 178 cm³/mol. The summed E-state index contributed by atoms with van der Waals surface area (Å²) in [7, 11) is -8.96. The van der Waals surface area contributed by atoms with Crippen LogP contribution in [0.15, 0.2) is 110 Å². The number of nitrogens with one attached hydrogen (secondary N) is 1. The van der Waals surface area contributed by atoms with Crippen LogP contribution in [0.5, 0.6) is 0 Å². The molecule has 0 amide bonds. The van der Waals surface area contributed by atoms with E-state index in [-0.39, 0.29) is 9.79 Å². The van der Waals surface area contributed by atoms with E-state index in [1.165, 1.54) is 18.2 Å². The molecule has 46 heavy (non-hydrogen) atoms. The summed E-state index contributed by atoms with van der Waals surface area (Å²) in [4.78, 5) is 4.31. The SMILES string of the molecule is Cc1cc(S(=O)(=O)O)cc(C)c1/N=c1\ccc2c(-c3ccccc3S(=O)(=O)O)c3ccc(Nc4c(C)cccc4C)cc3oc-2c1. The Bertz CT molecular complexity index is 2410. The van der Waals surface area contributed by atoms with Crippen molar-refractivity contribution in [2.75, 3.05) is 5.32 Å². The fourth-order valence-corrected chi connectivity index (χ4v) is 7.09. The molecule has 0 radical (unpaired) electrons. The smallest absolute Gasteiger partial charge is 0.295 e. The highest BCUT2D eigenvalue weighted by Crippen LogP contribution is 2.43. The number of aryl methyl sites for hydroxylation is 4. The number of anilines is 2. The molecule has 1 aliphatic carbocycles. The van der Waals surface area contributed by atoms with Gasteiger partial charge in [-0.25, -0.2) is 4.99 Å². The van der Waals surface area contributed by atoms with Gasteiger partial charge >= 0.3 is 0 Å². The topological polar surface area (TPSA) is 146 Å². The van der Waals surface area contributed by atoms with E-state index in [0.717, 1.165) is 22.5 Å². The van der Waals surface area contributed by atoms with E-state index in [1.54, 1.807) is 50.2 Å². The Morgan fingerprint density at radius 3 is 2.00 bits per heavy atom. The number of hydrogen-bond donors (Lipinski definition) is 3. The molecule has 0 bridgehead atoms. The van der Waals surface area contributed by atoms with Gasteiger partial charge in [0.2, 0.25) is 0 Å². The van der Waals surface area contributed by atoms with Gasteiger partial charge in [-0.1, -0.05) is 36.4 Å². The number of hydrogen-bond acceptors (Lipinski definition) is 7. The molecule has 4 aromatic carbocycles. The van der Waals surface area contributed by atoms with Crippen molar-refractivity contribution in [2.45, 2.75) is 37.5 Å². The third-order valence-electron chi connectivity index (χ3n) is 7.89. The molecule has 0 saturated heterocycles. The Hall–Kier alpha value is -4.81. The summed E-state index contributed by atoms with van der Waals surface area (Å²) in [6.45, 7) is 7.44. The van der Waals surface area contributed by atoms with Crippen LogP contribution in [0.1, 0.15) is 22.3 Å². The van der Waals surface area contributed by atoms with Gasteiger partial charge in [-0.2, -0.15) is 16.8 Å². The predicted octanol–water partition coefficient (Wildman–Crippen LogP) is 7.91. The van der Waals surface area contributed by atoms with Crippen molar-refractivity contribution in [3.63, 3.8) is 0 Å². The van der Waals surface area contributed by atoms with Crippen molar-refractivity contribution < 1.29 is 30.4 Å². The standard InChI is InChI=1S/C35H30N2O7S2/c1-20-8-7-9-21(2)34(20)36-24-12-14-27-30(18-24)44-31-19-25(37-35-22(3)16-26(17-23(35)4)45(38,39)40)13-15-28(31)33(27)29-10-5-6-11-32(29)46(41,42)43/h5-19,36H,1-4H3,(H,38,39,40)(H,41,42,43)/b37-25+. The highest BCUT2D eigenvalue weighted by molar-refractivity contribution is 7.86. The van der Waals surface area contributed by atoms with Crippen molar-refractivity contribution in [1.82, 2.24) is 0 Å². The Labute approximate surface area is 266 Å². The van der Waals surface area contributed by atoms with Crippen LogP contribution in [0.4, 0.5) is 17.1 Å². The fraction of sp³-hybridized carbons (Fsp3) is 0.114. The van der Waals surface area contributed by atoms with Gasteiger partial charge in [0.25, 0.3) is 20.2 Å².